The van der Waals surface area contributed by atoms with Gasteiger partial charge >= 0.3 is 0 Å². The van der Waals surface area contributed by atoms with Crippen molar-refractivity contribution in [1.29, 1.82) is 0 Å². The van der Waals surface area contributed by atoms with E-state index in [4.69, 9.17) is 5.73 Å². The summed E-state index contributed by atoms with van der Waals surface area (Å²) >= 11 is 0. The summed E-state index contributed by atoms with van der Waals surface area (Å²) in [6.45, 7) is 6.06. The van der Waals surface area contributed by atoms with Gasteiger partial charge in [-0.3, -0.25) is 4.90 Å². The van der Waals surface area contributed by atoms with E-state index in [9.17, 15) is 0 Å². The number of hydrogen-bond acceptors (Lipinski definition) is 3. The monoisotopic (exact) mass is 209 g/mol. The number of fused-ring (bicyclic) bond motifs is 2. The van der Waals surface area contributed by atoms with Crippen molar-refractivity contribution in [2.24, 2.45) is 23.5 Å². The molecule has 3 heteroatoms. The van der Waals surface area contributed by atoms with Gasteiger partial charge in [0, 0.05) is 32.2 Å². The highest BCUT2D eigenvalue weighted by Gasteiger charge is 2.43. The van der Waals surface area contributed by atoms with Gasteiger partial charge in [0.2, 0.25) is 0 Å². The Morgan fingerprint density at radius 3 is 2.13 bits per heavy atom. The minimum atomic E-state index is 0.802. The number of hydrogen-bond donors (Lipinski definition) is 1. The standard InChI is InChI=1S/C12H23N3/c1-14-5-9-7-15(11-2-3-11)8-10(6-14)12(9)4-13/h9-12H,2-8,13H2,1H3. The lowest BCUT2D eigenvalue weighted by Gasteiger charge is -2.50. The Balaban J connectivity index is 1.72. The van der Waals surface area contributed by atoms with Crippen molar-refractivity contribution in [3.63, 3.8) is 0 Å². The molecule has 0 aromatic rings. The van der Waals surface area contributed by atoms with Crippen molar-refractivity contribution < 1.29 is 0 Å². The molecule has 2 saturated heterocycles. The van der Waals surface area contributed by atoms with Crippen LogP contribution >= 0.6 is 0 Å². The molecular weight excluding hydrogens is 186 g/mol. The summed E-state index contributed by atoms with van der Waals surface area (Å²) in [5.41, 5.74) is 5.94. The zero-order valence-electron chi connectivity index (χ0n) is 9.73. The topological polar surface area (TPSA) is 32.5 Å². The molecule has 0 amide bonds. The van der Waals surface area contributed by atoms with E-state index in [1.54, 1.807) is 0 Å². The largest absolute Gasteiger partial charge is 0.330 e. The second kappa shape index (κ2) is 3.72. The van der Waals surface area contributed by atoms with E-state index < -0.39 is 0 Å². The first-order valence-corrected chi connectivity index (χ1v) is 6.40. The Morgan fingerprint density at radius 1 is 1.07 bits per heavy atom. The Kier molecular flexibility index (Phi) is 2.49. The molecule has 0 radical (unpaired) electrons. The van der Waals surface area contributed by atoms with E-state index in [2.05, 4.69) is 16.8 Å². The average molecular weight is 209 g/mol. The maximum absolute atomic E-state index is 5.94. The van der Waals surface area contributed by atoms with Gasteiger partial charge in [0.1, 0.15) is 0 Å². The minimum Gasteiger partial charge on any atom is -0.330 e. The van der Waals surface area contributed by atoms with Crippen molar-refractivity contribution in [2.45, 2.75) is 18.9 Å². The van der Waals surface area contributed by atoms with E-state index in [1.165, 1.54) is 39.0 Å². The molecule has 3 fully saturated rings. The Morgan fingerprint density at radius 2 is 1.67 bits per heavy atom. The van der Waals surface area contributed by atoms with E-state index in [0.29, 0.717) is 0 Å². The lowest BCUT2D eigenvalue weighted by Crippen LogP contribution is -2.58. The SMILES string of the molecule is CN1CC2CN(C3CC3)CC(C1)C2CN. The molecule has 0 aromatic carbocycles. The van der Waals surface area contributed by atoms with Crippen LogP contribution in [0.3, 0.4) is 0 Å². The molecule has 3 rings (SSSR count). The van der Waals surface area contributed by atoms with Gasteiger partial charge in [-0.15, -0.1) is 0 Å². The fourth-order valence-electron chi connectivity index (χ4n) is 3.72. The highest BCUT2D eigenvalue weighted by Crippen LogP contribution is 2.38. The number of likely N-dealkylation sites (tertiary alicyclic amines) is 2. The fourth-order valence-corrected chi connectivity index (χ4v) is 3.72. The number of piperidine rings is 2. The van der Waals surface area contributed by atoms with Crippen LogP contribution in [-0.4, -0.2) is 55.6 Å². The molecule has 2 aliphatic heterocycles. The zero-order chi connectivity index (χ0) is 10.4. The van der Waals surface area contributed by atoms with E-state index in [0.717, 1.165) is 30.3 Å². The van der Waals surface area contributed by atoms with Gasteiger partial charge in [0.05, 0.1) is 0 Å². The van der Waals surface area contributed by atoms with Crippen LogP contribution < -0.4 is 5.73 Å². The van der Waals surface area contributed by atoms with Gasteiger partial charge < -0.3 is 10.6 Å². The maximum Gasteiger partial charge on any atom is 0.00966 e. The quantitative estimate of drug-likeness (QED) is 0.706. The number of rotatable bonds is 2. The second-order valence-corrected chi connectivity index (χ2v) is 5.83. The third-order valence-electron chi connectivity index (χ3n) is 4.58. The summed E-state index contributed by atoms with van der Waals surface area (Å²) in [5.74, 6) is 2.48. The van der Waals surface area contributed by atoms with Crippen LogP contribution in [0.25, 0.3) is 0 Å². The van der Waals surface area contributed by atoms with Gasteiger partial charge in [-0.25, -0.2) is 0 Å². The number of nitrogens with two attached hydrogens (primary N) is 1. The molecule has 86 valence electrons. The Labute approximate surface area is 92.6 Å². The van der Waals surface area contributed by atoms with Crippen molar-refractivity contribution >= 4 is 0 Å². The van der Waals surface area contributed by atoms with Crippen LogP contribution in [0.15, 0.2) is 0 Å². The van der Waals surface area contributed by atoms with Crippen LogP contribution in [-0.2, 0) is 0 Å². The zero-order valence-corrected chi connectivity index (χ0v) is 9.73. The summed E-state index contributed by atoms with van der Waals surface area (Å²) < 4.78 is 0. The highest BCUT2D eigenvalue weighted by atomic mass is 15.2. The fraction of sp³-hybridized carbons (Fsp3) is 1.00. The van der Waals surface area contributed by atoms with Gasteiger partial charge in [-0.2, -0.15) is 0 Å². The Bertz CT molecular complexity index is 223. The van der Waals surface area contributed by atoms with Crippen LogP contribution in [0.2, 0.25) is 0 Å². The lowest BCUT2D eigenvalue weighted by atomic mass is 9.74. The minimum absolute atomic E-state index is 0.802. The van der Waals surface area contributed by atoms with E-state index >= 15 is 0 Å². The van der Waals surface area contributed by atoms with Gasteiger partial charge in [-0.05, 0) is 44.2 Å². The Hall–Kier alpha value is -0.120. The first-order chi connectivity index (χ1) is 7.28. The van der Waals surface area contributed by atoms with Gasteiger partial charge in [-0.1, -0.05) is 0 Å². The first-order valence-electron chi connectivity index (χ1n) is 6.40. The summed E-state index contributed by atoms with van der Waals surface area (Å²) in [7, 11) is 2.26. The molecule has 0 spiro atoms. The molecule has 2 bridgehead atoms. The van der Waals surface area contributed by atoms with E-state index in [1.807, 2.05) is 0 Å². The summed E-state index contributed by atoms with van der Waals surface area (Å²) in [6, 6.07) is 0.942. The molecular formula is C12H23N3. The maximum atomic E-state index is 5.94. The molecule has 15 heavy (non-hydrogen) atoms. The smallest absolute Gasteiger partial charge is 0.00966 e. The third-order valence-corrected chi connectivity index (χ3v) is 4.58. The molecule has 3 nitrogen and oxygen atoms in total. The van der Waals surface area contributed by atoms with Crippen molar-refractivity contribution in [2.75, 3.05) is 39.8 Å². The molecule has 1 saturated carbocycles. The predicted octanol–water partition coefficient (Wildman–Crippen LogP) is 0.217. The summed E-state index contributed by atoms with van der Waals surface area (Å²) in [4.78, 5) is 5.25. The van der Waals surface area contributed by atoms with Crippen LogP contribution in [0.1, 0.15) is 12.8 Å². The average Bonchev–Trinajstić information content (AvgIpc) is 2.98. The molecule has 3 aliphatic rings. The molecule has 1 aliphatic carbocycles. The summed E-state index contributed by atoms with van der Waals surface area (Å²) in [6.07, 6.45) is 2.89. The lowest BCUT2D eigenvalue weighted by molar-refractivity contribution is -0.0117. The van der Waals surface area contributed by atoms with Crippen molar-refractivity contribution in [3.8, 4) is 0 Å². The van der Waals surface area contributed by atoms with E-state index in [-0.39, 0.29) is 0 Å². The normalized spacial score (nSPS) is 43.2. The summed E-state index contributed by atoms with van der Waals surface area (Å²) in [5, 5.41) is 0. The second-order valence-electron chi connectivity index (χ2n) is 5.83. The molecule has 0 aromatic heterocycles. The van der Waals surface area contributed by atoms with Crippen molar-refractivity contribution in [1.82, 2.24) is 9.80 Å². The van der Waals surface area contributed by atoms with Crippen molar-refractivity contribution in [3.05, 3.63) is 0 Å². The van der Waals surface area contributed by atoms with Crippen LogP contribution in [0, 0.1) is 17.8 Å². The first kappa shape index (κ1) is 10.1. The van der Waals surface area contributed by atoms with Crippen LogP contribution in [0.4, 0.5) is 0 Å². The van der Waals surface area contributed by atoms with Gasteiger partial charge in [0.15, 0.2) is 0 Å². The number of nitrogens with zero attached hydrogens (tertiary/aromatic N) is 2. The molecule has 2 atom stereocenters. The molecule has 2 N–H and O–H groups in total. The highest BCUT2D eigenvalue weighted by molar-refractivity contribution is 4.97. The molecule has 2 heterocycles. The van der Waals surface area contributed by atoms with Gasteiger partial charge in [0.25, 0.3) is 0 Å². The predicted molar refractivity (Wildman–Crippen MR) is 61.6 cm³/mol. The molecule has 2 unspecified atom stereocenters. The van der Waals surface area contributed by atoms with Crippen LogP contribution in [0.5, 0.6) is 0 Å². The third kappa shape index (κ3) is 1.81.